The zero-order valence-corrected chi connectivity index (χ0v) is 12.0. The van der Waals surface area contributed by atoms with E-state index in [9.17, 15) is 17.6 Å². The number of hydrogen-bond acceptors (Lipinski definition) is 3. The topological polar surface area (TPSA) is 74.7 Å². The van der Waals surface area contributed by atoms with Crippen molar-refractivity contribution in [2.24, 2.45) is 5.92 Å². The molecule has 1 aromatic carbocycles. The number of rotatable bonds is 3. The SMILES string of the molecule is O=C(O)C1CCN(S(=O)(=O)c2ccc(F)c(Cl)c2)CC1. The maximum absolute atomic E-state index is 13.1. The number of piperidine rings is 1. The summed E-state index contributed by atoms with van der Waals surface area (Å²) in [5, 5.41) is 8.63. The first kappa shape index (κ1) is 15.2. The molecule has 0 aromatic heterocycles. The minimum absolute atomic E-state index is 0.0855. The fourth-order valence-electron chi connectivity index (χ4n) is 2.13. The maximum atomic E-state index is 13.1. The fourth-order valence-corrected chi connectivity index (χ4v) is 3.87. The first-order chi connectivity index (χ1) is 9.32. The van der Waals surface area contributed by atoms with E-state index in [1.54, 1.807) is 0 Å². The van der Waals surface area contributed by atoms with E-state index in [2.05, 4.69) is 0 Å². The normalized spacial score (nSPS) is 18.1. The van der Waals surface area contributed by atoms with Gasteiger partial charge in [0.05, 0.1) is 15.8 Å². The van der Waals surface area contributed by atoms with Crippen LogP contribution in [-0.4, -0.2) is 36.9 Å². The van der Waals surface area contributed by atoms with Gasteiger partial charge in [-0.1, -0.05) is 11.6 Å². The molecule has 1 aromatic rings. The van der Waals surface area contributed by atoms with Crippen molar-refractivity contribution in [2.45, 2.75) is 17.7 Å². The van der Waals surface area contributed by atoms with Gasteiger partial charge in [0.25, 0.3) is 0 Å². The number of carbonyl (C=O) groups is 1. The predicted octanol–water partition coefficient (Wildman–Crippen LogP) is 1.96. The summed E-state index contributed by atoms with van der Waals surface area (Å²) in [4.78, 5) is 10.8. The Morgan fingerprint density at radius 1 is 1.35 bits per heavy atom. The molecule has 2 rings (SSSR count). The molecule has 110 valence electrons. The number of aliphatic carboxylic acids is 1. The Balaban J connectivity index is 2.19. The molecular weight excluding hydrogens is 309 g/mol. The van der Waals surface area contributed by atoms with Crippen molar-refractivity contribution in [3.63, 3.8) is 0 Å². The number of carboxylic acids is 1. The largest absolute Gasteiger partial charge is 0.481 e. The molecule has 20 heavy (non-hydrogen) atoms. The van der Waals surface area contributed by atoms with Crippen LogP contribution in [0.3, 0.4) is 0 Å². The van der Waals surface area contributed by atoms with Crippen LogP contribution in [0.25, 0.3) is 0 Å². The number of benzene rings is 1. The molecule has 0 unspecified atom stereocenters. The Morgan fingerprint density at radius 2 is 1.95 bits per heavy atom. The van der Waals surface area contributed by atoms with Crippen molar-refractivity contribution in [3.05, 3.63) is 29.0 Å². The summed E-state index contributed by atoms with van der Waals surface area (Å²) in [5.41, 5.74) is 0. The van der Waals surface area contributed by atoms with E-state index in [1.807, 2.05) is 0 Å². The van der Waals surface area contributed by atoms with E-state index in [4.69, 9.17) is 16.7 Å². The molecule has 0 amide bonds. The summed E-state index contributed by atoms with van der Waals surface area (Å²) >= 11 is 5.59. The molecule has 1 fully saturated rings. The van der Waals surface area contributed by atoms with Gasteiger partial charge in [-0.2, -0.15) is 4.31 Å². The molecule has 0 bridgehead atoms. The van der Waals surface area contributed by atoms with Crippen molar-refractivity contribution in [1.82, 2.24) is 4.31 Å². The minimum Gasteiger partial charge on any atom is -0.481 e. The molecule has 0 saturated carbocycles. The molecule has 0 spiro atoms. The van der Waals surface area contributed by atoms with Gasteiger partial charge in [0.15, 0.2) is 0 Å². The first-order valence-corrected chi connectivity index (χ1v) is 7.82. The van der Waals surface area contributed by atoms with Gasteiger partial charge in [-0.15, -0.1) is 0 Å². The van der Waals surface area contributed by atoms with Gasteiger partial charge >= 0.3 is 5.97 Å². The lowest BCUT2D eigenvalue weighted by atomic mass is 9.99. The van der Waals surface area contributed by atoms with Crippen molar-refractivity contribution in [3.8, 4) is 0 Å². The molecule has 1 aliphatic rings. The van der Waals surface area contributed by atoms with Crippen LogP contribution in [0.1, 0.15) is 12.8 Å². The monoisotopic (exact) mass is 321 g/mol. The average Bonchev–Trinajstić information content (AvgIpc) is 2.41. The number of hydrogen-bond donors (Lipinski definition) is 1. The summed E-state index contributed by atoms with van der Waals surface area (Å²) < 4.78 is 38.9. The van der Waals surface area contributed by atoms with Crippen LogP contribution in [0, 0.1) is 11.7 Å². The summed E-state index contributed by atoms with van der Waals surface area (Å²) in [6, 6.07) is 3.22. The molecule has 0 atom stereocenters. The van der Waals surface area contributed by atoms with Gasteiger partial charge < -0.3 is 5.11 Å². The quantitative estimate of drug-likeness (QED) is 0.923. The third-order valence-corrected chi connectivity index (χ3v) is 5.52. The van der Waals surface area contributed by atoms with E-state index in [-0.39, 0.29) is 35.8 Å². The Labute approximate surface area is 121 Å². The predicted molar refractivity (Wildman–Crippen MR) is 70.5 cm³/mol. The smallest absolute Gasteiger partial charge is 0.306 e. The van der Waals surface area contributed by atoms with E-state index >= 15 is 0 Å². The molecule has 8 heteroatoms. The lowest BCUT2D eigenvalue weighted by Gasteiger charge is -2.29. The first-order valence-electron chi connectivity index (χ1n) is 6.00. The highest BCUT2D eigenvalue weighted by Gasteiger charge is 2.32. The van der Waals surface area contributed by atoms with Gasteiger partial charge in [-0.05, 0) is 31.0 Å². The highest BCUT2D eigenvalue weighted by Crippen LogP contribution is 2.26. The van der Waals surface area contributed by atoms with Crippen LogP contribution in [0.5, 0.6) is 0 Å². The summed E-state index contributed by atoms with van der Waals surface area (Å²) in [6.45, 7) is 0.266. The number of sulfonamides is 1. The standard InChI is InChI=1S/C12H13ClFNO4S/c13-10-7-9(1-2-11(10)14)20(18,19)15-5-3-8(4-6-15)12(16)17/h1-2,7-8H,3-6H2,(H,16,17). The number of nitrogens with zero attached hydrogens (tertiary/aromatic N) is 1. The third kappa shape index (κ3) is 2.94. The van der Waals surface area contributed by atoms with Gasteiger partial charge in [-0.25, -0.2) is 12.8 Å². The third-order valence-electron chi connectivity index (χ3n) is 3.33. The highest BCUT2D eigenvalue weighted by molar-refractivity contribution is 7.89. The van der Waals surface area contributed by atoms with Gasteiger partial charge in [0.2, 0.25) is 10.0 Å². The molecule has 1 aliphatic heterocycles. The highest BCUT2D eigenvalue weighted by atomic mass is 35.5. The molecule has 0 aliphatic carbocycles. The number of carboxylic acid groups (broad SMARTS) is 1. The second kappa shape index (κ2) is 5.67. The van der Waals surface area contributed by atoms with E-state index in [0.717, 1.165) is 18.2 Å². The molecule has 5 nitrogen and oxygen atoms in total. The molecule has 1 saturated heterocycles. The van der Waals surface area contributed by atoms with Crippen LogP contribution < -0.4 is 0 Å². The fraction of sp³-hybridized carbons (Fsp3) is 0.417. The van der Waals surface area contributed by atoms with Crippen LogP contribution in [-0.2, 0) is 14.8 Å². The molecular formula is C12H13ClFNO4S. The lowest BCUT2D eigenvalue weighted by molar-refractivity contribution is -0.142. The van der Waals surface area contributed by atoms with Crippen molar-refractivity contribution in [2.75, 3.05) is 13.1 Å². The summed E-state index contributed by atoms with van der Waals surface area (Å²) in [5.74, 6) is -2.11. The lowest BCUT2D eigenvalue weighted by Crippen LogP contribution is -2.40. The Bertz CT molecular complexity index is 626. The summed E-state index contributed by atoms with van der Waals surface area (Å²) in [6.07, 6.45) is 0.535. The second-order valence-corrected chi connectivity index (χ2v) is 6.94. The average molecular weight is 322 g/mol. The zero-order chi connectivity index (χ0) is 14.9. The Morgan fingerprint density at radius 3 is 2.45 bits per heavy atom. The maximum Gasteiger partial charge on any atom is 0.306 e. The van der Waals surface area contributed by atoms with E-state index < -0.39 is 27.7 Å². The van der Waals surface area contributed by atoms with Crippen LogP contribution in [0.15, 0.2) is 23.1 Å². The van der Waals surface area contributed by atoms with Gasteiger partial charge in [0, 0.05) is 13.1 Å². The van der Waals surface area contributed by atoms with Gasteiger partial charge in [0.1, 0.15) is 5.82 Å². The minimum atomic E-state index is -3.76. The van der Waals surface area contributed by atoms with Crippen molar-refractivity contribution >= 4 is 27.6 Å². The van der Waals surface area contributed by atoms with Crippen molar-refractivity contribution < 1.29 is 22.7 Å². The molecule has 1 heterocycles. The second-order valence-electron chi connectivity index (χ2n) is 4.59. The number of halogens is 2. The van der Waals surface area contributed by atoms with Gasteiger partial charge in [-0.3, -0.25) is 4.79 Å². The van der Waals surface area contributed by atoms with E-state index in [1.165, 1.54) is 4.31 Å². The molecule has 1 N–H and O–H groups in total. The zero-order valence-electron chi connectivity index (χ0n) is 10.4. The Hall–Kier alpha value is -1.18. The Kier molecular flexibility index (Phi) is 4.31. The van der Waals surface area contributed by atoms with Crippen LogP contribution in [0.2, 0.25) is 5.02 Å². The van der Waals surface area contributed by atoms with Crippen LogP contribution >= 0.6 is 11.6 Å². The van der Waals surface area contributed by atoms with Crippen LogP contribution in [0.4, 0.5) is 4.39 Å². The van der Waals surface area contributed by atoms with Crippen molar-refractivity contribution in [1.29, 1.82) is 0 Å². The molecule has 0 radical (unpaired) electrons. The van der Waals surface area contributed by atoms with E-state index in [0.29, 0.717) is 0 Å². The summed E-state index contributed by atoms with van der Waals surface area (Å²) in [7, 11) is -3.76.